The first-order valence-electron chi connectivity index (χ1n) is 10.8. The molecule has 2 N–H and O–H groups in total. The zero-order valence-corrected chi connectivity index (χ0v) is 20.8. The number of Topliss-reactive ketones (excluding diaryl/α,β-unsaturated/α-hetero) is 1. The van der Waals surface area contributed by atoms with E-state index < -0.39 is 43.3 Å². The van der Waals surface area contributed by atoms with Crippen LogP contribution in [0.4, 0.5) is 21.5 Å². The van der Waals surface area contributed by atoms with Gasteiger partial charge in [0.05, 0.1) is 34.5 Å². The number of carbonyl (C=O) groups is 2. The highest BCUT2D eigenvalue weighted by atomic mass is 32.2. The van der Waals surface area contributed by atoms with Crippen molar-refractivity contribution in [2.75, 3.05) is 21.2 Å². The van der Waals surface area contributed by atoms with Crippen LogP contribution in [0.2, 0.25) is 0 Å². The Morgan fingerprint density at radius 3 is 2.51 bits per heavy atom. The Hall–Kier alpha value is -4.10. The molecule has 3 aromatic rings. The summed E-state index contributed by atoms with van der Waals surface area (Å²) in [7, 11) is -7.85. The number of fused-ring (bicyclic) bond motifs is 2. The molecule has 10 nitrogen and oxygen atoms in total. The third-order valence-electron chi connectivity index (χ3n) is 5.84. The molecule has 1 atom stereocenters. The van der Waals surface area contributed by atoms with Gasteiger partial charge in [0.15, 0.2) is 5.78 Å². The second-order valence-electron chi connectivity index (χ2n) is 8.57. The number of anilines is 3. The first-order valence-corrected chi connectivity index (χ1v) is 14.3. The van der Waals surface area contributed by atoms with Crippen molar-refractivity contribution >= 4 is 48.6 Å². The van der Waals surface area contributed by atoms with Crippen molar-refractivity contribution in [3.05, 3.63) is 89.0 Å². The third-order valence-corrected chi connectivity index (χ3v) is 7.97. The van der Waals surface area contributed by atoms with Crippen molar-refractivity contribution in [3.63, 3.8) is 0 Å². The summed E-state index contributed by atoms with van der Waals surface area (Å²) in [6.45, 7) is 0.0426. The topological polar surface area (TPSA) is 143 Å². The number of carbonyl (C=O) groups excluding carboxylic acids is 2. The van der Waals surface area contributed by atoms with Gasteiger partial charge in [0.1, 0.15) is 11.7 Å². The molecule has 0 fully saturated rings. The third kappa shape index (κ3) is 4.70. The van der Waals surface area contributed by atoms with Gasteiger partial charge < -0.3 is 10.2 Å². The Labute approximate surface area is 211 Å². The number of sulfonamides is 1. The number of hydrogen-bond acceptors (Lipinski definition) is 8. The normalized spacial score (nSPS) is 18.4. The fourth-order valence-electron chi connectivity index (χ4n) is 4.29. The molecular weight excluding hydrogens is 523 g/mol. The van der Waals surface area contributed by atoms with E-state index in [1.165, 1.54) is 23.1 Å². The number of nitrogens with one attached hydrogen (secondary N) is 2. The van der Waals surface area contributed by atoms with Gasteiger partial charge in [-0.1, -0.05) is 0 Å². The van der Waals surface area contributed by atoms with Crippen LogP contribution in [0.25, 0.3) is 0 Å². The Morgan fingerprint density at radius 1 is 1.08 bits per heavy atom. The molecule has 0 radical (unpaired) electrons. The van der Waals surface area contributed by atoms with Crippen LogP contribution >= 0.6 is 0 Å². The van der Waals surface area contributed by atoms with E-state index in [1.807, 2.05) is 0 Å². The Kier molecular flexibility index (Phi) is 5.83. The lowest BCUT2D eigenvalue weighted by molar-refractivity contribution is -0.120. The van der Waals surface area contributed by atoms with Crippen molar-refractivity contribution in [2.45, 2.75) is 11.4 Å². The van der Waals surface area contributed by atoms with Gasteiger partial charge in [-0.15, -0.1) is 0 Å². The second-order valence-corrected chi connectivity index (χ2v) is 12.1. The van der Waals surface area contributed by atoms with Crippen molar-refractivity contribution in [1.82, 2.24) is 4.98 Å². The summed E-state index contributed by atoms with van der Waals surface area (Å²) in [4.78, 5) is 32.1. The van der Waals surface area contributed by atoms with E-state index in [4.69, 9.17) is 0 Å². The van der Waals surface area contributed by atoms with E-state index in [0.717, 1.165) is 29.9 Å². The summed E-state index contributed by atoms with van der Waals surface area (Å²) in [6.07, 6.45) is 4.01. The van der Waals surface area contributed by atoms with Gasteiger partial charge in [-0.25, -0.2) is 21.2 Å². The van der Waals surface area contributed by atoms with E-state index in [-0.39, 0.29) is 39.8 Å². The lowest BCUT2D eigenvalue weighted by Gasteiger charge is -2.35. The SMILES string of the molecule is CS(=O)(=O)Nc1ccc2c(c1)S(=O)(=O)C=C(C1C(=O)c3cc(F)ccc3N(Cc3ccncc3)C1=O)N2. The highest BCUT2D eigenvalue weighted by Crippen LogP contribution is 2.39. The first kappa shape index (κ1) is 24.6. The van der Waals surface area contributed by atoms with Crippen molar-refractivity contribution in [2.24, 2.45) is 5.92 Å². The molecule has 0 spiro atoms. The molecule has 1 unspecified atom stereocenters. The van der Waals surface area contributed by atoms with Crippen LogP contribution in [0.15, 0.2) is 76.9 Å². The molecule has 1 aromatic heterocycles. The maximum Gasteiger partial charge on any atom is 0.244 e. The summed E-state index contributed by atoms with van der Waals surface area (Å²) in [5.74, 6) is -3.70. The van der Waals surface area contributed by atoms with Gasteiger partial charge in [-0.3, -0.25) is 19.3 Å². The minimum absolute atomic E-state index is 0.0289. The van der Waals surface area contributed by atoms with Crippen LogP contribution in [0.1, 0.15) is 15.9 Å². The molecule has 13 heteroatoms. The number of nitrogens with zero attached hydrogens (tertiary/aromatic N) is 2. The van der Waals surface area contributed by atoms with Crippen LogP contribution in [-0.2, 0) is 31.2 Å². The maximum atomic E-state index is 14.1. The number of hydrogen-bond donors (Lipinski definition) is 2. The van der Waals surface area contributed by atoms with Gasteiger partial charge in [0.25, 0.3) is 0 Å². The molecule has 37 heavy (non-hydrogen) atoms. The fourth-order valence-corrected chi connectivity index (χ4v) is 6.21. The maximum absolute atomic E-state index is 14.1. The molecule has 2 aliphatic rings. The predicted octanol–water partition coefficient (Wildman–Crippen LogP) is 2.68. The van der Waals surface area contributed by atoms with Gasteiger partial charge >= 0.3 is 0 Å². The monoisotopic (exact) mass is 542 g/mol. The molecule has 2 aliphatic heterocycles. The number of aromatic nitrogens is 1. The van der Waals surface area contributed by atoms with Gasteiger partial charge in [0.2, 0.25) is 25.8 Å². The first-order chi connectivity index (χ1) is 17.4. The highest BCUT2D eigenvalue weighted by molar-refractivity contribution is 7.94. The highest BCUT2D eigenvalue weighted by Gasteiger charge is 2.44. The van der Waals surface area contributed by atoms with Crippen LogP contribution in [0.5, 0.6) is 0 Å². The summed E-state index contributed by atoms with van der Waals surface area (Å²) in [5.41, 5.74) is 0.740. The van der Waals surface area contributed by atoms with E-state index in [1.54, 1.807) is 24.5 Å². The van der Waals surface area contributed by atoms with Crippen LogP contribution in [-0.4, -0.2) is 39.8 Å². The summed E-state index contributed by atoms with van der Waals surface area (Å²) >= 11 is 0. The van der Waals surface area contributed by atoms with Crippen molar-refractivity contribution < 1.29 is 30.8 Å². The van der Waals surface area contributed by atoms with Crippen LogP contribution in [0.3, 0.4) is 0 Å². The van der Waals surface area contributed by atoms with E-state index >= 15 is 0 Å². The fraction of sp³-hybridized carbons (Fsp3) is 0.125. The Morgan fingerprint density at radius 2 is 1.81 bits per heavy atom. The molecule has 5 rings (SSSR count). The molecule has 0 aliphatic carbocycles. The molecule has 190 valence electrons. The number of halogens is 1. The second kappa shape index (κ2) is 8.78. The minimum atomic E-state index is -4.19. The number of sulfone groups is 1. The van der Waals surface area contributed by atoms with Crippen LogP contribution < -0.4 is 14.9 Å². The number of pyridine rings is 1. The molecule has 3 heterocycles. The number of ketones is 1. The van der Waals surface area contributed by atoms with E-state index in [0.29, 0.717) is 5.56 Å². The largest absolute Gasteiger partial charge is 0.356 e. The van der Waals surface area contributed by atoms with Gasteiger partial charge in [-0.2, -0.15) is 0 Å². The molecule has 1 amide bonds. The quantitative estimate of drug-likeness (QED) is 0.469. The summed E-state index contributed by atoms with van der Waals surface area (Å²) in [5, 5.41) is 3.61. The smallest absolute Gasteiger partial charge is 0.244 e. The summed E-state index contributed by atoms with van der Waals surface area (Å²) in [6, 6.07) is 10.7. The lowest BCUT2D eigenvalue weighted by Crippen LogP contribution is -2.46. The number of amides is 1. The average Bonchev–Trinajstić information content (AvgIpc) is 2.82. The van der Waals surface area contributed by atoms with Crippen molar-refractivity contribution in [1.29, 1.82) is 0 Å². The molecule has 0 saturated heterocycles. The number of benzene rings is 2. The van der Waals surface area contributed by atoms with E-state index in [9.17, 15) is 30.8 Å². The summed E-state index contributed by atoms with van der Waals surface area (Å²) < 4.78 is 65.7. The lowest BCUT2D eigenvalue weighted by atomic mass is 9.87. The van der Waals surface area contributed by atoms with Crippen LogP contribution in [0, 0.1) is 11.7 Å². The van der Waals surface area contributed by atoms with Gasteiger partial charge in [-0.05, 0) is 54.1 Å². The van der Waals surface area contributed by atoms with Gasteiger partial charge in [0, 0.05) is 29.3 Å². The number of rotatable bonds is 5. The molecular formula is C24H19FN4O6S2. The van der Waals surface area contributed by atoms with E-state index in [2.05, 4.69) is 15.0 Å². The molecule has 2 aromatic carbocycles. The average molecular weight is 543 g/mol. The minimum Gasteiger partial charge on any atom is -0.356 e. The molecule has 0 saturated carbocycles. The predicted molar refractivity (Wildman–Crippen MR) is 133 cm³/mol. The Balaban J connectivity index is 1.58. The molecule has 0 bridgehead atoms. The Bertz CT molecular complexity index is 1710. The zero-order valence-electron chi connectivity index (χ0n) is 19.2. The zero-order chi connectivity index (χ0) is 26.5. The standard InChI is InChI=1S/C24H19FN4O6S2/c1-36(32,33)28-16-3-4-18-21(11-16)37(34,35)13-19(27-18)22-23(30)17-10-15(25)2-5-20(17)29(24(22)31)12-14-6-8-26-9-7-14/h2-11,13,22,27-28H,12H2,1H3. The van der Waals surface area contributed by atoms with Crippen molar-refractivity contribution in [3.8, 4) is 0 Å².